The van der Waals surface area contributed by atoms with Crippen LogP contribution in [0, 0.1) is 0 Å². The van der Waals surface area contributed by atoms with Crippen LogP contribution in [-0.4, -0.2) is 62.1 Å². The molecule has 2 rings (SSSR count). The summed E-state index contributed by atoms with van der Waals surface area (Å²) in [4.78, 5) is 2.31. The Bertz CT molecular complexity index is 436. The van der Waals surface area contributed by atoms with Crippen LogP contribution < -0.4 is 14.8 Å². The third-order valence-corrected chi connectivity index (χ3v) is 3.86. The van der Waals surface area contributed by atoms with E-state index in [1.807, 2.05) is 0 Å². The highest BCUT2D eigenvalue weighted by Crippen LogP contribution is 2.41. The van der Waals surface area contributed by atoms with Crippen molar-refractivity contribution in [2.45, 2.75) is 12.5 Å². The van der Waals surface area contributed by atoms with Crippen LogP contribution in [0.2, 0.25) is 0 Å². The van der Waals surface area contributed by atoms with Crippen LogP contribution in [0.5, 0.6) is 17.2 Å². The summed E-state index contributed by atoms with van der Waals surface area (Å²) < 4.78 is 10.8. The third kappa shape index (κ3) is 3.58. The lowest BCUT2D eigenvalue weighted by Gasteiger charge is -2.36. The van der Waals surface area contributed by atoms with Crippen LogP contribution in [-0.2, 0) is 0 Å². The minimum atomic E-state index is 0.00241. The van der Waals surface area contributed by atoms with Crippen molar-refractivity contribution in [3.05, 3.63) is 17.7 Å². The van der Waals surface area contributed by atoms with E-state index in [-0.39, 0.29) is 18.4 Å². The van der Waals surface area contributed by atoms with Gasteiger partial charge < -0.3 is 25.0 Å². The van der Waals surface area contributed by atoms with Gasteiger partial charge in [0.1, 0.15) is 17.2 Å². The van der Waals surface area contributed by atoms with E-state index in [0.717, 1.165) is 31.7 Å². The number of hydrogen-bond donors (Lipinski definition) is 3. The standard InChI is InChI=1S/C15H24N2O4/c1-20-13-9-11(19)10-14(21-2)15(13)12(3-8-18)17-6-4-16-5-7-17/h9-10,12,16,18-19H,3-8H2,1-2H3/t12-/m0/s1. The van der Waals surface area contributed by atoms with Crippen LogP contribution in [0.4, 0.5) is 0 Å². The Hall–Kier alpha value is -1.50. The van der Waals surface area contributed by atoms with E-state index in [4.69, 9.17) is 9.47 Å². The summed E-state index contributed by atoms with van der Waals surface area (Å²) >= 11 is 0. The molecule has 1 aromatic rings. The van der Waals surface area contributed by atoms with Crippen molar-refractivity contribution in [3.63, 3.8) is 0 Å². The van der Waals surface area contributed by atoms with E-state index in [1.54, 1.807) is 26.4 Å². The first kappa shape index (κ1) is 15.9. The number of phenolic OH excluding ortho intramolecular Hbond substituents is 1. The Labute approximate surface area is 125 Å². The van der Waals surface area contributed by atoms with Crippen molar-refractivity contribution in [2.75, 3.05) is 47.0 Å². The molecule has 1 aromatic carbocycles. The quantitative estimate of drug-likeness (QED) is 0.719. The molecular weight excluding hydrogens is 272 g/mol. The molecule has 21 heavy (non-hydrogen) atoms. The molecule has 0 bridgehead atoms. The highest BCUT2D eigenvalue weighted by atomic mass is 16.5. The normalized spacial score (nSPS) is 17.5. The highest BCUT2D eigenvalue weighted by Gasteiger charge is 2.28. The largest absolute Gasteiger partial charge is 0.508 e. The van der Waals surface area contributed by atoms with Gasteiger partial charge in [-0.05, 0) is 6.42 Å². The predicted molar refractivity (Wildman–Crippen MR) is 80.1 cm³/mol. The molecule has 1 aliphatic rings. The van der Waals surface area contributed by atoms with E-state index < -0.39 is 0 Å². The zero-order valence-corrected chi connectivity index (χ0v) is 12.6. The highest BCUT2D eigenvalue weighted by molar-refractivity contribution is 5.52. The first-order valence-corrected chi connectivity index (χ1v) is 7.21. The summed E-state index contributed by atoms with van der Waals surface area (Å²) in [7, 11) is 3.15. The molecule has 1 atom stereocenters. The second-order valence-electron chi connectivity index (χ2n) is 5.08. The summed E-state index contributed by atoms with van der Waals surface area (Å²) in [6.07, 6.45) is 0.595. The monoisotopic (exact) mass is 296 g/mol. The Morgan fingerprint density at radius 1 is 1.19 bits per heavy atom. The maximum atomic E-state index is 9.77. The number of rotatable bonds is 6. The zero-order valence-electron chi connectivity index (χ0n) is 12.6. The fourth-order valence-electron chi connectivity index (χ4n) is 2.88. The van der Waals surface area contributed by atoms with Crippen LogP contribution in [0.15, 0.2) is 12.1 Å². The Morgan fingerprint density at radius 2 is 1.76 bits per heavy atom. The topological polar surface area (TPSA) is 74.2 Å². The summed E-state index contributed by atoms with van der Waals surface area (Å²) in [5.41, 5.74) is 0.883. The predicted octanol–water partition coefficient (Wildman–Crippen LogP) is 0.738. The lowest BCUT2D eigenvalue weighted by Crippen LogP contribution is -2.45. The summed E-state index contributed by atoms with van der Waals surface area (Å²) in [6, 6.07) is 3.18. The van der Waals surface area contributed by atoms with Crippen LogP contribution >= 0.6 is 0 Å². The molecule has 0 amide bonds. The Morgan fingerprint density at radius 3 is 2.24 bits per heavy atom. The average molecular weight is 296 g/mol. The van der Waals surface area contributed by atoms with Crippen LogP contribution in [0.1, 0.15) is 18.0 Å². The summed E-state index contributed by atoms with van der Waals surface area (Å²) in [5.74, 6) is 1.28. The third-order valence-electron chi connectivity index (χ3n) is 3.86. The lowest BCUT2D eigenvalue weighted by molar-refractivity contribution is 0.136. The van der Waals surface area contributed by atoms with E-state index in [1.165, 1.54) is 0 Å². The maximum Gasteiger partial charge on any atom is 0.131 e. The average Bonchev–Trinajstić information content (AvgIpc) is 2.53. The number of aliphatic hydroxyl groups excluding tert-OH is 1. The van der Waals surface area contributed by atoms with Gasteiger partial charge in [0.2, 0.25) is 0 Å². The molecule has 1 saturated heterocycles. The van der Waals surface area contributed by atoms with Gasteiger partial charge in [-0.1, -0.05) is 0 Å². The Kier molecular flexibility index (Phi) is 5.67. The number of benzene rings is 1. The molecule has 118 valence electrons. The molecule has 6 nitrogen and oxygen atoms in total. The van der Waals surface area contributed by atoms with Gasteiger partial charge in [-0.2, -0.15) is 0 Å². The first-order valence-electron chi connectivity index (χ1n) is 7.21. The SMILES string of the molecule is COc1cc(O)cc(OC)c1[C@H](CCO)N1CCNCC1. The van der Waals surface area contributed by atoms with Crippen molar-refractivity contribution < 1.29 is 19.7 Å². The lowest BCUT2D eigenvalue weighted by atomic mass is 9.98. The molecule has 0 unspecified atom stereocenters. The molecular formula is C15H24N2O4. The number of aliphatic hydroxyl groups is 1. The van der Waals surface area contributed by atoms with E-state index in [2.05, 4.69) is 10.2 Å². The van der Waals surface area contributed by atoms with E-state index in [9.17, 15) is 10.2 Å². The number of piperazine rings is 1. The molecule has 1 aliphatic heterocycles. The maximum absolute atomic E-state index is 9.77. The smallest absolute Gasteiger partial charge is 0.131 e. The van der Waals surface area contributed by atoms with Crippen LogP contribution in [0.3, 0.4) is 0 Å². The number of aromatic hydroxyl groups is 1. The first-order chi connectivity index (χ1) is 10.2. The molecule has 6 heteroatoms. The molecule has 0 aliphatic carbocycles. The molecule has 0 aromatic heterocycles. The molecule has 0 saturated carbocycles. The number of methoxy groups -OCH3 is 2. The summed E-state index contributed by atoms with van der Waals surface area (Å²) in [6.45, 7) is 3.73. The number of phenols is 1. The van der Waals surface area contributed by atoms with Gasteiger partial charge in [-0.15, -0.1) is 0 Å². The fourth-order valence-corrected chi connectivity index (χ4v) is 2.88. The van der Waals surface area contributed by atoms with Gasteiger partial charge in [-0.3, -0.25) is 4.90 Å². The number of hydrogen-bond acceptors (Lipinski definition) is 6. The van der Waals surface area contributed by atoms with Crippen molar-refractivity contribution in [3.8, 4) is 17.2 Å². The van der Waals surface area contributed by atoms with Crippen molar-refractivity contribution in [1.29, 1.82) is 0 Å². The van der Waals surface area contributed by atoms with Gasteiger partial charge >= 0.3 is 0 Å². The Balaban J connectivity index is 2.42. The zero-order chi connectivity index (χ0) is 15.2. The molecule has 1 heterocycles. The van der Waals surface area contributed by atoms with E-state index >= 15 is 0 Å². The van der Waals surface area contributed by atoms with Gasteiger partial charge in [0.15, 0.2) is 0 Å². The van der Waals surface area contributed by atoms with Gasteiger partial charge in [0, 0.05) is 51.0 Å². The number of ether oxygens (including phenoxy) is 2. The van der Waals surface area contributed by atoms with Gasteiger partial charge in [0.05, 0.1) is 19.8 Å². The van der Waals surface area contributed by atoms with Crippen molar-refractivity contribution in [2.24, 2.45) is 0 Å². The van der Waals surface area contributed by atoms with Crippen LogP contribution in [0.25, 0.3) is 0 Å². The summed E-state index contributed by atoms with van der Waals surface area (Å²) in [5, 5.41) is 22.5. The van der Waals surface area contributed by atoms with Crippen molar-refractivity contribution in [1.82, 2.24) is 10.2 Å². The minimum absolute atomic E-state index is 0.00241. The molecule has 3 N–H and O–H groups in total. The number of nitrogens with one attached hydrogen (secondary N) is 1. The second kappa shape index (κ2) is 7.49. The molecule has 0 spiro atoms. The molecule has 1 fully saturated rings. The minimum Gasteiger partial charge on any atom is -0.508 e. The van der Waals surface area contributed by atoms with E-state index in [0.29, 0.717) is 17.9 Å². The fraction of sp³-hybridized carbons (Fsp3) is 0.600. The number of nitrogens with zero attached hydrogens (tertiary/aromatic N) is 1. The van der Waals surface area contributed by atoms with Gasteiger partial charge in [-0.25, -0.2) is 0 Å². The van der Waals surface area contributed by atoms with Crippen molar-refractivity contribution >= 4 is 0 Å². The van der Waals surface area contributed by atoms with Gasteiger partial charge in [0.25, 0.3) is 0 Å². The molecule has 0 radical (unpaired) electrons. The second-order valence-corrected chi connectivity index (χ2v) is 5.08.